The Balaban J connectivity index is 2.52. The molecule has 0 fully saturated rings. The fourth-order valence-corrected chi connectivity index (χ4v) is 1.75. The van der Waals surface area contributed by atoms with Crippen molar-refractivity contribution >= 4 is 5.97 Å². The molecule has 0 bridgehead atoms. The normalized spacial score (nSPS) is 10.3. The van der Waals surface area contributed by atoms with Gasteiger partial charge in [-0.2, -0.15) is 0 Å². The zero-order chi connectivity index (χ0) is 11.5. The summed E-state index contributed by atoms with van der Waals surface area (Å²) in [6.07, 6.45) is 0.813. The third-order valence-corrected chi connectivity index (χ3v) is 2.57. The van der Waals surface area contributed by atoms with Gasteiger partial charge in [-0.25, -0.2) is 4.79 Å². The summed E-state index contributed by atoms with van der Waals surface area (Å²) in [7, 11) is 0. The number of aromatic amines is 1. The van der Waals surface area contributed by atoms with E-state index < -0.39 is 5.97 Å². The van der Waals surface area contributed by atoms with Crippen LogP contribution < -0.4 is 0 Å². The zero-order valence-electron chi connectivity index (χ0n) is 9.03. The lowest BCUT2D eigenvalue weighted by molar-refractivity contribution is 0.0691. The Labute approximate surface area is 93.7 Å². The number of hydrogen-bond donors (Lipinski definition) is 2. The monoisotopic (exact) mass is 215 g/mol. The van der Waals surface area contributed by atoms with Crippen LogP contribution in [0.5, 0.6) is 0 Å². The second kappa shape index (κ2) is 4.23. The number of rotatable bonds is 3. The van der Waals surface area contributed by atoms with Gasteiger partial charge in [-0.1, -0.05) is 37.3 Å². The molecule has 1 heterocycles. The van der Waals surface area contributed by atoms with Gasteiger partial charge in [0.05, 0.1) is 0 Å². The summed E-state index contributed by atoms with van der Waals surface area (Å²) in [5.41, 5.74) is 3.20. The fourth-order valence-electron chi connectivity index (χ4n) is 1.75. The molecule has 0 unspecified atom stereocenters. The second-order valence-corrected chi connectivity index (χ2v) is 3.61. The van der Waals surface area contributed by atoms with E-state index in [1.165, 1.54) is 0 Å². The quantitative estimate of drug-likeness (QED) is 0.827. The number of carboxylic acids is 1. The van der Waals surface area contributed by atoms with Crippen molar-refractivity contribution in [3.05, 3.63) is 47.7 Å². The molecular weight excluding hydrogens is 202 g/mol. The van der Waals surface area contributed by atoms with E-state index in [0.717, 1.165) is 23.2 Å². The molecular formula is C13H13NO2. The molecule has 2 rings (SSSR count). The predicted molar refractivity (Wildman–Crippen MR) is 62.6 cm³/mol. The number of hydrogen-bond acceptors (Lipinski definition) is 1. The Kier molecular flexibility index (Phi) is 2.77. The number of aromatic carboxylic acids is 1. The van der Waals surface area contributed by atoms with Crippen molar-refractivity contribution < 1.29 is 9.90 Å². The van der Waals surface area contributed by atoms with Crippen molar-refractivity contribution in [1.82, 2.24) is 4.98 Å². The lowest BCUT2D eigenvalue weighted by atomic mass is 10.1. The van der Waals surface area contributed by atoms with Gasteiger partial charge < -0.3 is 10.1 Å². The van der Waals surface area contributed by atoms with Crippen LogP contribution in [0.1, 0.15) is 23.0 Å². The van der Waals surface area contributed by atoms with Crippen LogP contribution in [-0.4, -0.2) is 16.1 Å². The van der Waals surface area contributed by atoms with Crippen molar-refractivity contribution in [3.8, 4) is 11.3 Å². The molecule has 16 heavy (non-hydrogen) atoms. The first-order valence-corrected chi connectivity index (χ1v) is 5.23. The highest BCUT2D eigenvalue weighted by Gasteiger charge is 2.12. The second-order valence-electron chi connectivity index (χ2n) is 3.61. The molecule has 2 aromatic rings. The maximum Gasteiger partial charge on any atom is 0.352 e. The molecule has 0 saturated carbocycles. The average molecular weight is 215 g/mol. The summed E-state index contributed by atoms with van der Waals surface area (Å²) in [5, 5.41) is 8.93. The maximum atomic E-state index is 10.9. The number of aromatic nitrogens is 1. The molecule has 0 aliphatic heterocycles. The number of benzene rings is 1. The van der Waals surface area contributed by atoms with Crippen LogP contribution in [0.3, 0.4) is 0 Å². The summed E-state index contributed by atoms with van der Waals surface area (Å²) in [6.45, 7) is 2.02. The van der Waals surface area contributed by atoms with Crippen molar-refractivity contribution in [2.75, 3.05) is 0 Å². The summed E-state index contributed by atoms with van der Waals surface area (Å²) >= 11 is 0. The van der Waals surface area contributed by atoms with Gasteiger partial charge in [-0.3, -0.25) is 0 Å². The van der Waals surface area contributed by atoms with E-state index in [-0.39, 0.29) is 5.69 Å². The van der Waals surface area contributed by atoms with Gasteiger partial charge >= 0.3 is 5.97 Å². The Morgan fingerprint density at radius 2 is 2.00 bits per heavy atom. The van der Waals surface area contributed by atoms with Gasteiger partial charge in [0.15, 0.2) is 0 Å². The zero-order valence-corrected chi connectivity index (χ0v) is 9.03. The van der Waals surface area contributed by atoms with Crippen molar-refractivity contribution in [3.63, 3.8) is 0 Å². The number of carbonyl (C=O) groups is 1. The molecule has 0 amide bonds. The molecule has 82 valence electrons. The van der Waals surface area contributed by atoms with Gasteiger partial charge in [0.25, 0.3) is 0 Å². The molecule has 3 heteroatoms. The third kappa shape index (κ3) is 1.84. The van der Waals surface area contributed by atoms with E-state index in [1.807, 2.05) is 37.3 Å². The van der Waals surface area contributed by atoms with Crippen LogP contribution in [0.15, 0.2) is 36.4 Å². The van der Waals surface area contributed by atoms with E-state index in [4.69, 9.17) is 5.11 Å². The highest BCUT2D eigenvalue weighted by molar-refractivity contribution is 5.87. The van der Waals surface area contributed by atoms with Crippen molar-refractivity contribution in [2.45, 2.75) is 13.3 Å². The number of aryl methyl sites for hydroxylation is 1. The highest BCUT2D eigenvalue weighted by Crippen LogP contribution is 2.24. The first kappa shape index (κ1) is 10.5. The summed E-state index contributed by atoms with van der Waals surface area (Å²) in [4.78, 5) is 13.8. The molecule has 0 saturated heterocycles. The lowest BCUT2D eigenvalue weighted by Gasteiger charge is -2.00. The van der Waals surface area contributed by atoms with Gasteiger partial charge in [0.1, 0.15) is 5.69 Å². The Bertz CT molecular complexity index is 500. The summed E-state index contributed by atoms with van der Waals surface area (Å²) in [5.74, 6) is -0.920. The highest BCUT2D eigenvalue weighted by atomic mass is 16.4. The smallest absolute Gasteiger partial charge is 0.352 e. The van der Waals surface area contributed by atoms with Crippen LogP contribution in [0, 0.1) is 0 Å². The third-order valence-electron chi connectivity index (χ3n) is 2.57. The minimum atomic E-state index is -0.920. The van der Waals surface area contributed by atoms with E-state index in [1.54, 1.807) is 6.07 Å². The first-order valence-electron chi connectivity index (χ1n) is 5.23. The van der Waals surface area contributed by atoms with Crippen LogP contribution in [0.4, 0.5) is 0 Å². The SMILES string of the molecule is CCc1cc(C(=O)O)[nH]c1-c1ccccc1. The summed E-state index contributed by atoms with van der Waals surface area (Å²) in [6, 6.07) is 11.5. The Morgan fingerprint density at radius 1 is 1.31 bits per heavy atom. The van der Waals surface area contributed by atoms with E-state index in [0.29, 0.717) is 0 Å². The van der Waals surface area contributed by atoms with Gasteiger partial charge in [0.2, 0.25) is 0 Å². The predicted octanol–water partition coefficient (Wildman–Crippen LogP) is 2.94. The van der Waals surface area contributed by atoms with E-state index in [9.17, 15) is 4.79 Å². The molecule has 0 radical (unpaired) electrons. The lowest BCUT2D eigenvalue weighted by Crippen LogP contribution is -1.95. The summed E-state index contributed by atoms with van der Waals surface area (Å²) < 4.78 is 0. The molecule has 0 aliphatic rings. The fraction of sp³-hybridized carbons (Fsp3) is 0.154. The van der Waals surface area contributed by atoms with Crippen LogP contribution >= 0.6 is 0 Å². The minimum Gasteiger partial charge on any atom is -0.477 e. The van der Waals surface area contributed by atoms with Crippen molar-refractivity contribution in [2.24, 2.45) is 0 Å². The Hall–Kier alpha value is -2.03. The standard InChI is InChI=1S/C13H13NO2/c1-2-9-8-11(13(15)16)14-12(9)10-6-4-3-5-7-10/h3-8,14H,2H2,1H3,(H,15,16). The van der Waals surface area contributed by atoms with Gasteiger partial charge in [-0.15, -0.1) is 0 Å². The number of H-pyrrole nitrogens is 1. The molecule has 2 N–H and O–H groups in total. The van der Waals surface area contributed by atoms with Crippen molar-refractivity contribution in [1.29, 1.82) is 0 Å². The average Bonchev–Trinajstić information content (AvgIpc) is 2.74. The topological polar surface area (TPSA) is 53.1 Å². The first-order chi connectivity index (χ1) is 7.72. The number of carboxylic acid groups (broad SMARTS) is 1. The van der Waals surface area contributed by atoms with E-state index in [2.05, 4.69) is 4.98 Å². The van der Waals surface area contributed by atoms with Gasteiger partial charge in [-0.05, 0) is 23.6 Å². The van der Waals surface area contributed by atoms with E-state index >= 15 is 0 Å². The van der Waals surface area contributed by atoms with Gasteiger partial charge in [0, 0.05) is 5.69 Å². The molecule has 1 aromatic heterocycles. The van der Waals surface area contributed by atoms with Crippen LogP contribution in [0.25, 0.3) is 11.3 Å². The maximum absolute atomic E-state index is 10.9. The molecule has 0 spiro atoms. The molecule has 3 nitrogen and oxygen atoms in total. The number of nitrogens with one attached hydrogen (secondary N) is 1. The molecule has 1 aromatic carbocycles. The Morgan fingerprint density at radius 3 is 2.56 bits per heavy atom. The van der Waals surface area contributed by atoms with Crippen LogP contribution in [-0.2, 0) is 6.42 Å². The molecule has 0 aliphatic carbocycles. The molecule has 0 atom stereocenters. The largest absolute Gasteiger partial charge is 0.477 e. The minimum absolute atomic E-state index is 0.246. The van der Waals surface area contributed by atoms with Crippen LogP contribution in [0.2, 0.25) is 0 Å².